The summed E-state index contributed by atoms with van der Waals surface area (Å²) in [5.74, 6) is 0.0295. The highest BCUT2D eigenvalue weighted by molar-refractivity contribution is 6.18. The third-order valence-corrected chi connectivity index (χ3v) is 5.34. The van der Waals surface area contributed by atoms with Crippen LogP contribution >= 0.6 is 0 Å². The molecule has 142 valence electrons. The number of quaternary nitrogens is 1. The van der Waals surface area contributed by atoms with Crippen molar-refractivity contribution in [1.82, 2.24) is 5.32 Å². The van der Waals surface area contributed by atoms with E-state index >= 15 is 0 Å². The van der Waals surface area contributed by atoms with Crippen LogP contribution in [0.5, 0.6) is 0 Å². The highest BCUT2D eigenvalue weighted by atomic mass is 16.1. The van der Waals surface area contributed by atoms with Crippen LogP contribution in [0, 0.1) is 0 Å². The number of nitrogens with zero attached hydrogens (tertiary/aromatic N) is 1. The van der Waals surface area contributed by atoms with Crippen LogP contribution in [-0.4, -0.2) is 44.1 Å². The van der Waals surface area contributed by atoms with Gasteiger partial charge < -0.3 is 9.80 Å². The normalized spacial score (nSPS) is 11.8. The first-order valence-electron chi connectivity index (χ1n) is 10.0. The smallest absolute Gasteiger partial charge is 0.252 e. The van der Waals surface area contributed by atoms with Crippen LogP contribution in [0.3, 0.4) is 0 Å². The van der Waals surface area contributed by atoms with Gasteiger partial charge in [-0.1, -0.05) is 61.9 Å². The van der Waals surface area contributed by atoms with Crippen LogP contribution in [0.4, 0.5) is 0 Å². The molecule has 1 N–H and O–H groups in total. The van der Waals surface area contributed by atoms with Crippen LogP contribution in [0.25, 0.3) is 21.5 Å². The molecule has 0 saturated heterocycles. The van der Waals surface area contributed by atoms with E-state index in [1.807, 2.05) is 36.4 Å². The SMILES string of the molecule is CCCC[N+](C)(C)CCCNC(=O)c1c2ccccc2cc2ccccc12. The molecule has 3 heteroatoms. The Hall–Kier alpha value is -2.39. The first-order valence-corrected chi connectivity index (χ1v) is 10.0. The average molecular weight is 364 g/mol. The first-order chi connectivity index (χ1) is 13.0. The van der Waals surface area contributed by atoms with Gasteiger partial charge in [-0.3, -0.25) is 4.79 Å². The fourth-order valence-corrected chi connectivity index (χ4v) is 3.75. The number of hydrogen-bond acceptors (Lipinski definition) is 1. The van der Waals surface area contributed by atoms with Gasteiger partial charge in [-0.25, -0.2) is 0 Å². The predicted octanol–water partition coefficient (Wildman–Crippen LogP) is 4.99. The van der Waals surface area contributed by atoms with Crippen molar-refractivity contribution < 1.29 is 9.28 Å². The topological polar surface area (TPSA) is 29.1 Å². The highest BCUT2D eigenvalue weighted by Gasteiger charge is 2.16. The molecular weight excluding hydrogens is 332 g/mol. The van der Waals surface area contributed by atoms with Crippen molar-refractivity contribution in [3.8, 4) is 0 Å². The molecular formula is C24H31N2O+. The van der Waals surface area contributed by atoms with Gasteiger partial charge in [0, 0.05) is 13.0 Å². The highest BCUT2D eigenvalue weighted by Crippen LogP contribution is 2.28. The van der Waals surface area contributed by atoms with E-state index in [-0.39, 0.29) is 5.91 Å². The number of amides is 1. The van der Waals surface area contributed by atoms with Crippen LogP contribution in [0.2, 0.25) is 0 Å². The molecule has 1 amide bonds. The number of carbonyl (C=O) groups is 1. The molecule has 0 radical (unpaired) electrons. The van der Waals surface area contributed by atoms with Crippen molar-refractivity contribution in [3.63, 3.8) is 0 Å². The summed E-state index contributed by atoms with van der Waals surface area (Å²) in [5.41, 5.74) is 0.795. The maximum Gasteiger partial charge on any atom is 0.252 e. The Morgan fingerprint density at radius 3 is 2.04 bits per heavy atom. The van der Waals surface area contributed by atoms with E-state index in [1.165, 1.54) is 19.4 Å². The third kappa shape index (κ3) is 4.67. The maximum atomic E-state index is 13.1. The molecule has 0 unspecified atom stereocenters. The number of unbranched alkanes of at least 4 members (excludes halogenated alkanes) is 1. The third-order valence-electron chi connectivity index (χ3n) is 5.34. The second kappa shape index (κ2) is 8.53. The lowest BCUT2D eigenvalue weighted by Gasteiger charge is -2.29. The first kappa shape index (κ1) is 19.4. The van der Waals surface area contributed by atoms with Gasteiger partial charge in [0.2, 0.25) is 0 Å². The largest absolute Gasteiger partial charge is 0.352 e. The molecule has 0 aliphatic heterocycles. The van der Waals surface area contributed by atoms with Gasteiger partial charge in [0.05, 0.1) is 32.7 Å². The number of rotatable bonds is 8. The summed E-state index contributed by atoms with van der Waals surface area (Å²) >= 11 is 0. The van der Waals surface area contributed by atoms with E-state index in [2.05, 4.69) is 44.5 Å². The van der Waals surface area contributed by atoms with Gasteiger partial charge in [-0.05, 0) is 34.0 Å². The molecule has 0 spiro atoms. The van der Waals surface area contributed by atoms with Crippen LogP contribution in [0.15, 0.2) is 54.6 Å². The molecule has 0 saturated carbocycles. The summed E-state index contributed by atoms with van der Waals surface area (Å²) < 4.78 is 1.01. The molecule has 27 heavy (non-hydrogen) atoms. The second-order valence-corrected chi connectivity index (χ2v) is 8.04. The summed E-state index contributed by atoms with van der Waals surface area (Å²) in [4.78, 5) is 13.1. The molecule has 0 atom stereocenters. The average Bonchev–Trinajstić information content (AvgIpc) is 2.67. The molecule has 0 aliphatic carbocycles. The van der Waals surface area contributed by atoms with Crippen molar-refractivity contribution in [1.29, 1.82) is 0 Å². The Balaban J connectivity index is 1.75. The van der Waals surface area contributed by atoms with E-state index in [4.69, 9.17) is 0 Å². The number of carbonyl (C=O) groups excluding carboxylic acids is 1. The molecule has 0 aliphatic rings. The lowest BCUT2D eigenvalue weighted by Crippen LogP contribution is -2.42. The quantitative estimate of drug-likeness (QED) is 0.341. The monoisotopic (exact) mass is 363 g/mol. The zero-order valence-electron chi connectivity index (χ0n) is 16.8. The number of nitrogens with one attached hydrogen (secondary N) is 1. The van der Waals surface area contributed by atoms with E-state index in [9.17, 15) is 4.79 Å². The van der Waals surface area contributed by atoms with Gasteiger partial charge in [0.15, 0.2) is 0 Å². The molecule has 0 aromatic heterocycles. The Kier molecular flexibility index (Phi) is 6.12. The molecule has 0 fully saturated rings. The van der Waals surface area contributed by atoms with E-state index < -0.39 is 0 Å². The zero-order chi connectivity index (χ0) is 19.3. The molecule has 3 aromatic carbocycles. The van der Waals surface area contributed by atoms with Gasteiger partial charge in [-0.2, -0.15) is 0 Å². The molecule has 0 heterocycles. The van der Waals surface area contributed by atoms with Gasteiger partial charge in [-0.15, -0.1) is 0 Å². The summed E-state index contributed by atoms with van der Waals surface area (Å²) in [5, 5.41) is 7.42. The van der Waals surface area contributed by atoms with Crippen molar-refractivity contribution in [3.05, 3.63) is 60.2 Å². The lowest BCUT2D eigenvalue weighted by atomic mass is 9.96. The number of benzene rings is 3. The second-order valence-electron chi connectivity index (χ2n) is 8.04. The minimum absolute atomic E-state index is 0.0295. The lowest BCUT2D eigenvalue weighted by molar-refractivity contribution is -0.890. The van der Waals surface area contributed by atoms with Gasteiger partial charge in [0.25, 0.3) is 5.91 Å². The summed E-state index contributed by atoms with van der Waals surface area (Å²) in [6.45, 7) is 5.22. The van der Waals surface area contributed by atoms with Crippen LogP contribution in [-0.2, 0) is 0 Å². The Morgan fingerprint density at radius 1 is 0.889 bits per heavy atom. The Morgan fingerprint density at radius 2 is 1.44 bits per heavy atom. The Labute approximate surface area is 162 Å². The molecule has 3 aromatic rings. The van der Waals surface area contributed by atoms with Crippen molar-refractivity contribution in [2.45, 2.75) is 26.2 Å². The predicted molar refractivity (Wildman–Crippen MR) is 115 cm³/mol. The maximum absolute atomic E-state index is 13.1. The van der Waals surface area contributed by atoms with Crippen molar-refractivity contribution in [2.24, 2.45) is 0 Å². The van der Waals surface area contributed by atoms with E-state index in [0.717, 1.165) is 44.6 Å². The van der Waals surface area contributed by atoms with Crippen LogP contribution < -0.4 is 5.32 Å². The summed E-state index contributed by atoms with van der Waals surface area (Å²) in [6, 6.07) is 18.4. The minimum atomic E-state index is 0.0295. The molecule has 3 rings (SSSR count). The fraction of sp³-hybridized carbons (Fsp3) is 0.375. The zero-order valence-corrected chi connectivity index (χ0v) is 16.8. The fourth-order valence-electron chi connectivity index (χ4n) is 3.75. The van der Waals surface area contributed by atoms with Crippen LogP contribution in [0.1, 0.15) is 36.5 Å². The Bertz CT molecular complexity index is 876. The van der Waals surface area contributed by atoms with Crippen molar-refractivity contribution >= 4 is 27.5 Å². The molecule has 0 bridgehead atoms. The summed E-state index contributed by atoms with van der Waals surface area (Å²) in [7, 11) is 4.55. The van der Waals surface area contributed by atoms with E-state index in [0.29, 0.717) is 6.54 Å². The molecule has 3 nitrogen and oxygen atoms in total. The summed E-state index contributed by atoms with van der Waals surface area (Å²) in [6.07, 6.45) is 3.47. The number of fused-ring (bicyclic) bond motifs is 2. The number of hydrogen-bond donors (Lipinski definition) is 1. The van der Waals surface area contributed by atoms with E-state index in [1.54, 1.807) is 0 Å². The van der Waals surface area contributed by atoms with Gasteiger partial charge in [0.1, 0.15) is 0 Å². The standard InChI is InChI=1S/C24H30N2O/c1-4-5-16-26(2,3)17-10-15-25-24(27)23-21-13-8-6-11-19(21)18-20-12-7-9-14-22(20)23/h6-9,11-14,18H,4-5,10,15-17H2,1-3H3/p+1. The van der Waals surface area contributed by atoms with Crippen molar-refractivity contribution in [2.75, 3.05) is 33.7 Å². The minimum Gasteiger partial charge on any atom is -0.352 e. The van der Waals surface area contributed by atoms with Gasteiger partial charge >= 0.3 is 0 Å².